The number of primary amides is 2. The van der Waals surface area contributed by atoms with Crippen LogP contribution in [0.25, 0.3) is 0 Å². The Kier molecular flexibility index (Phi) is 8.08. The second kappa shape index (κ2) is 11.9. The molecule has 4 aromatic carbocycles. The summed E-state index contributed by atoms with van der Waals surface area (Å²) in [6, 6.07) is 32.8. The SMILES string of the molecule is CC1=C(C(N)=O)C(CC2C(C(N)=O)=C(C)OC2(c2ccc(C)cc2)c2ccc(C)cc2)C(c2ccc(C)cc2)(c2ccc(C)cc2)O1. The molecule has 4 aromatic rings. The summed E-state index contributed by atoms with van der Waals surface area (Å²) in [5, 5.41) is 0. The van der Waals surface area contributed by atoms with Crippen molar-refractivity contribution in [3.05, 3.63) is 164 Å². The maximum atomic E-state index is 13.5. The molecule has 47 heavy (non-hydrogen) atoms. The number of allylic oxidation sites excluding steroid dienone is 2. The summed E-state index contributed by atoms with van der Waals surface area (Å²) in [7, 11) is 0. The van der Waals surface area contributed by atoms with E-state index in [1.165, 1.54) is 0 Å². The normalized spacial score (nSPS) is 19.8. The van der Waals surface area contributed by atoms with Gasteiger partial charge in [0.1, 0.15) is 11.5 Å². The lowest BCUT2D eigenvalue weighted by atomic mass is 9.64. The van der Waals surface area contributed by atoms with Gasteiger partial charge in [-0.2, -0.15) is 0 Å². The number of benzene rings is 4. The average Bonchev–Trinajstić information content (AvgIpc) is 3.50. The number of hydrogen-bond donors (Lipinski definition) is 2. The van der Waals surface area contributed by atoms with Gasteiger partial charge in [-0.15, -0.1) is 0 Å². The monoisotopic (exact) mass is 626 g/mol. The van der Waals surface area contributed by atoms with E-state index in [9.17, 15) is 9.59 Å². The maximum Gasteiger partial charge on any atom is 0.248 e. The Labute approximate surface area is 277 Å². The van der Waals surface area contributed by atoms with Crippen molar-refractivity contribution in [3.8, 4) is 0 Å². The van der Waals surface area contributed by atoms with E-state index in [-0.39, 0.29) is 6.42 Å². The summed E-state index contributed by atoms with van der Waals surface area (Å²) in [6.45, 7) is 11.7. The molecule has 0 aromatic heterocycles. The van der Waals surface area contributed by atoms with Gasteiger partial charge in [0.2, 0.25) is 11.8 Å². The highest BCUT2D eigenvalue weighted by atomic mass is 16.5. The molecule has 0 saturated carbocycles. The van der Waals surface area contributed by atoms with Gasteiger partial charge in [-0.05, 0) is 48.0 Å². The van der Waals surface area contributed by atoms with Crippen LogP contribution in [0.4, 0.5) is 0 Å². The molecule has 6 nitrogen and oxygen atoms in total. The zero-order valence-corrected chi connectivity index (χ0v) is 27.9. The molecule has 2 amide bonds. The van der Waals surface area contributed by atoms with Gasteiger partial charge in [0.25, 0.3) is 0 Å². The van der Waals surface area contributed by atoms with Crippen LogP contribution in [0.15, 0.2) is 120 Å². The molecule has 2 atom stereocenters. The Bertz CT molecular complexity index is 1670. The Balaban J connectivity index is 1.65. The molecule has 2 aliphatic rings. The Morgan fingerprint density at radius 3 is 0.936 bits per heavy atom. The summed E-state index contributed by atoms with van der Waals surface area (Å²) in [5.41, 5.74) is 18.9. The van der Waals surface area contributed by atoms with Crippen LogP contribution in [0.3, 0.4) is 0 Å². The van der Waals surface area contributed by atoms with Gasteiger partial charge in [-0.3, -0.25) is 9.59 Å². The number of rotatable bonds is 8. The fourth-order valence-electron chi connectivity index (χ4n) is 7.70. The van der Waals surface area contributed by atoms with Crippen LogP contribution in [-0.4, -0.2) is 11.8 Å². The smallest absolute Gasteiger partial charge is 0.248 e. The first-order valence-corrected chi connectivity index (χ1v) is 16.1. The van der Waals surface area contributed by atoms with Gasteiger partial charge in [-0.1, -0.05) is 119 Å². The number of carbonyl (C=O) groups is 2. The molecule has 0 fully saturated rings. The molecule has 6 heteroatoms. The molecule has 0 aliphatic carbocycles. The summed E-state index contributed by atoms with van der Waals surface area (Å²) < 4.78 is 13.9. The number of aryl methyl sites for hydroxylation is 4. The van der Waals surface area contributed by atoms with E-state index in [0.717, 1.165) is 44.5 Å². The number of nitrogens with two attached hydrogens (primary N) is 2. The van der Waals surface area contributed by atoms with Crippen molar-refractivity contribution < 1.29 is 19.1 Å². The fraction of sp³-hybridized carbons (Fsp3) is 0.268. The zero-order chi connectivity index (χ0) is 33.7. The van der Waals surface area contributed by atoms with E-state index in [1.807, 2.05) is 125 Å². The minimum Gasteiger partial charge on any atom is -0.481 e. The predicted octanol–water partition coefficient (Wildman–Crippen LogP) is 7.31. The number of hydrogen-bond acceptors (Lipinski definition) is 4. The Hall–Kier alpha value is -5.10. The molecular formula is C41H42N2O4. The van der Waals surface area contributed by atoms with Crippen molar-refractivity contribution in [1.29, 1.82) is 0 Å². The molecule has 0 spiro atoms. The molecule has 6 rings (SSSR count). The van der Waals surface area contributed by atoms with E-state index in [4.69, 9.17) is 20.9 Å². The van der Waals surface area contributed by atoms with Crippen molar-refractivity contribution in [2.75, 3.05) is 0 Å². The van der Waals surface area contributed by atoms with Crippen molar-refractivity contribution in [1.82, 2.24) is 0 Å². The second-order valence-corrected chi connectivity index (χ2v) is 13.1. The predicted molar refractivity (Wildman–Crippen MR) is 184 cm³/mol. The lowest BCUT2D eigenvalue weighted by molar-refractivity contribution is -0.115. The summed E-state index contributed by atoms with van der Waals surface area (Å²) in [6.07, 6.45) is 0.273. The summed E-state index contributed by atoms with van der Waals surface area (Å²) in [5.74, 6) is -1.42. The van der Waals surface area contributed by atoms with Crippen LogP contribution in [0.1, 0.15) is 64.8 Å². The fourth-order valence-corrected chi connectivity index (χ4v) is 7.70. The van der Waals surface area contributed by atoms with E-state index >= 15 is 0 Å². The summed E-state index contributed by atoms with van der Waals surface area (Å²) in [4.78, 5) is 26.9. The molecule has 240 valence electrons. The van der Waals surface area contributed by atoms with Crippen LogP contribution < -0.4 is 11.5 Å². The maximum absolute atomic E-state index is 13.5. The van der Waals surface area contributed by atoms with Crippen molar-refractivity contribution >= 4 is 11.8 Å². The van der Waals surface area contributed by atoms with Gasteiger partial charge in [-0.25, -0.2) is 0 Å². The zero-order valence-electron chi connectivity index (χ0n) is 27.9. The minimum atomic E-state index is -1.12. The first-order chi connectivity index (χ1) is 22.4. The van der Waals surface area contributed by atoms with Gasteiger partial charge >= 0.3 is 0 Å². The highest BCUT2D eigenvalue weighted by Crippen LogP contribution is 2.59. The van der Waals surface area contributed by atoms with Crippen molar-refractivity contribution in [2.45, 2.75) is 59.2 Å². The molecule has 0 radical (unpaired) electrons. The molecule has 0 bridgehead atoms. The van der Waals surface area contributed by atoms with E-state index in [2.05, 4.69) is 0 Å². The topological polar surface area (TPSA) is 105 Å². The third kappa shape index (κ3) is 5.22. The van der Waals surface area contributed by atoms with Crippen LogP contribution in [0.5, 0.6) is 0 Å². The van der Waals surface area contributed by atoms with Gasteiger partial charge in [0.15, 0.2) is 11.2 Å². The summed E-state index contributed by atoms with van der Waals surface area (Å²) >= 11 is 0. The number of ether oxygens (including phenoxy) is 2. The number of amides is 2. The van der Waals surface area contributed by atoms with E-state index < -0.39 is 34.9 Å². The second-order valence-electron chi connectivity index (χ2n) is 13.1. The third-order valence-corrected chi connectivity index (χ3v) is 9.99. The molecule has 4 N–H and O–H groups in total. The molecule has 2 unspecified atom stereocenters. The van der Waals surface area contributed by atoms with Crippen LogP contribution in [-0.2, 0) is 30.3 Å². The van der Waals surface area contributed by atoms with Gasteiger partial charge in [0, 0.05) is 34.1 Å². The lowest BCUT2D eigenvalue weighted by Crippen LogP contribution is -2.44. The highest BCUT2D eigenvalue weighted by molar-refractivity contribution is 5.95. The quantitative estimate of drug-likeness (QED) is 0.214. The number of carbonyl (C=O) groups excluding carboxylic acids is 2. The van der Waals surface area contributed by atoms with Crippen LogP contribution >= 0.6 is 0 Å². The largest absolute Gasteiger partial charge is 0.481 e. The average molecular weight is 627 g/mol. The highest BCUT2D eigenvalue weighted by Gasteiger charge is 2.59. The van der Waals surface area contributed by atoms with Gasteiger partial charge in [0.05, 0.1) is 11.1 Å². The van der Waals surface area contributed by atoms with Gasteiger partial charge < -0.3 is 20.9 Å². The molecule has 0 saturated heterocycles. The first kappa shape index (κ1) is 31.9. The van der Waals surface area contributed by atoms with E-state index in [1.54, 1.807) is 13.8 Å². The van der Waals surface area contributed by atoms with Crippen molar-refractivity contribution in [2.24, 2.45) is 23.3 Å². The standard InChI is InChI=1S/C41H42N2O4/c1-24-7-15-30(16-8-24)40(31-17-9-25(2)10-18-31)34(36(38(42)44)28(5)46-40)23-35-37(39(43)45)29(6)47-41(35,32-19-11-26(3)12-20-32)33-21-13-27(4)14-22-33/h7-22,34-35H,23H2,1-6H3,(H2,42,44)(H2,43,45). The van der Waals surface area contributed by atoms with Crippen LogP contribution in [0, 0.1) is 39.5 Å². The first-order valence-electron chi connectivity index (χ1n) is 16.1. The molecule has 2 aliphatic heterocycles. The van der Waals surface area contributed by atoms with Crippen molar-refractivity contribution in [3.63, 3.8) is 0 Å². The van der Waals surface area contributed by atoms with E-state index in [0.29, 0.717) is 22.7 Å². The lowest BCUT2D eigenvalue weighted by Gasteiger charge is -2.42. The molecule has 2 heterocycles. The third-order valence-electron chi connectivity index (χ3n) is 9.99. The Morgan fingerprint density at radius 2 is 0.723 bits per heavy atom. The minimum absolute atomic E-state index is 0.273. The Morgan fingerprint density at radius 1 is 0.489 bits per heavy atom. The molecular weight excluding hydrogens is 584 g/mol. The van der Waals surface area contributed by atoms with Crippen LogP contribution in [0.2, 0.25) is 0 Å².